The van der Waals surface area contributed by atoms with Gasteiger partial charge in [-0.1, -0.05) is 195 Å². The summed E-state index contributed by atoms with van der Waals surface area (Å²) in [7, 11) is 0. The van der Waals surface area contributed by atoms with Gasteiger partial charge in [0.05, 0.1) is 0 Å². The second-order valence-electron chi connectivity index (χ2n) is 16.0. The Hall–Kier alpha value is -3.12. The Balaban J connectivity index is 1.48. The summed E-state index contributed by atoms with van der Waals surface area (Å²) in [5, 5.41) is 0. The van der Waals surface area contributed by atoms with Crippen LogP contribution in [0.25, 0.3) is 33.4 Å². The van der Waals surface area contributed by atoms with Crippen molar-refractivity contribution in [2.75, 3.05) is 0 Å². The predicted molar refractivity (Wildman–Crippen MR) is 222 cm³/mol. The molecular formula is C50H68. The van der Waals surface area contributed by atoms with E-state index >= 15 is 0 Å². The van der Waals surface area contributed by atoms with Gasteiger partial charge in [0.2, 0.25) is 0 Å². The summed E-state index contributed by atoms with van der Waals surface area (Å²) in [5.41, 5.74) is 17.6. The molecule has 50 heavy (non-hydrogen) atoms. The molecule has 1 aliphatic carbocycles. The molecule has 0 amide bonds. The largest absolute Gasteiger partial charge is 0.0654 e. The Labute approximate surface area is 307 Å². The van der Waals surface area contributed by atoms with Gasteiger partial charge in [-0.15, -0.1) is 0 Å². The monoisotopic (exact) mass is 669 g/mol. The highest BCUT2D eigenvalue weighted by molar-refractivity contribution is 5.85. The Kier molecular flexibility index (Phi) is 14.4. The van der Waals surface area contributed by atoms with Crippen LogP contribution in [0.4, 0.5) is 0 Å². The van der Waals surface area contributed by atoms with Crippen LogP contribution in [0.5, 0.6) is 0 Å². The van der Waals surface area contributed by atoms with Crippen molar-refractivity contribution in [2.24, 2.45) is 0 Å². The van der Waals surface area contributed by atoms with Crippen LogP contribution >= 0.6 is 0 Å². The lowest BCUT2D eigenvalue weighted by Gasteiger charge is -2.28. The van der Waals surface area contributed by atoms with Crippen molar-refractivity contribution < 1.29 is 0 Å². The Morgan fingerprint density at radius 2 is 0.820 bits per heavy atom. The van der Waals surface area contributed by atoms with Gasteiger partial charge in [-0.05, 0) is 108 Å². The van der Waals surface area contributed by atoms with E-state index < -0.39 is 0 Å². The average Bonchev–Trinajstić information content (AvgIpc) is 3.36. The van der Waals surface area contributed by atoms with Gasteiger partial charge in [0.1, 0.15) is 0 Å². The molecule has 0 bridgehead atoms. The highest BCUT2D eigenvalue weighted by Gasteiger charge is 2.39. The second-order valence-corrected chi connectivity index (χ2v) is 16.0. The molecule has 0 aliphatic heterocycles. The summed E-state index contributed by atoms with van der Waals surface area (Å²) in [6, 6.07) is 29.3. The molecule has 0 saturated carbocycles. The molecule has 0 heteroatoms. The van der Waals surface area contributed by atoms with Crippen molar-refractivity contribution in [3.05, 3.63) is 106 Å². The van der Waals surface area contributed by atoms with Crippen molar-refractivity contribution in [3.8, 4) is 33.4 Å². The molecule has 1 atom stereocenters. The molecule has 1 unspecified atom stereocenters. The number of rotatable bonds is 21. The van der Waals surface area contributed by atoms with Crippen LogP contribution in [-0.2, 0) is 18.3 Å². The summed E-state index contributed by atoms with van der Waals surface area (Å²) < 4.78 is 0. The molecule has 0 N–H and O–H groups in total. The first-order chi connectivity index (χ1) is 24.4. The van der Waals surface area contributed by atoms with Gasteiger partial charge < -0.3 is 0 Å². The van der Waals surface area contributed by atoms with Crippen LogP contribution in [0, 0.1) is 13.8 Å². The zero-order valence-corrected chi connectivity index (χ0v) is 32.9. The Morgan fingerprint density at radius 1 is 0.400 bits per heavy atom. The lowest BCUT2D eigenvalue weighted by Crippen LogP contribution is -2.21. The SMILES string of the molecule is CCCCCCCCC1(C)c2cc(C)ccc2-c2ccc(-c3ccc(-c4ccc(C)cc4CCCCCCC)c(CCCCCCC)c3)cc21. The average molecular weight is 669 g/mol. The van der Waals surface area contributed by atoms with Crippen molar-refractivity contribution >= 4 is 0 Å². The molecule has 0 heterocycles. The molecule has 4 aromatic carbocycles. The Morgan fingerprint density at radius 3 is 1.42 bits per heavy atom. The molecule has 0 aromatic heterocycles. The van der Waals surface area contributed by atoms with Gasteiger partial charge in [-0.3, -0.25) is 0 Å². The number of fused-ring (bicyclic) bond motifs is 3. The minimum Gasteiger partial charge on any atom is -0.0654 e. The van der Waals surface area contributed by atoms with Crippen LogP contribution in [0.3, 0.4) is 0 Å². The molecule has 0 nitrogen and oxygen atoms in total. The fraction of sp³-hybridized carbons (Fsp3) is 0.520. The molecule has 0 saturated heterocycles. The number of hydrogen-bond acceptors (Lipinski definition) is 0. The van der Waals surface area contributed by atoms with E-state index in [1.807, 2.05) is 0 Å². The predicted octanol–water partition coefficient (Wildman–Crippen LogP) is 15.7. The molecule has 1 aliphatic rings. The molecule has 4 aromatic rings. The van der Waals surface area contributed by atoms with Gasteiger partial charge in [-0.25, -0.2) is 0 Å². The lowest BCUT2D eigenvalue weighted by atomic mass is 9.75. The maximum absolute atomic E-state index is 2.58. The van der Waals surface area contributed by atoms with E-state index in [0.29, 0.717) is 0 Å². The minimum absolute atomic E-state index is 0.0629. The maximum atomic E-state index is 2.58. The topological polar surface area (TPSA) is 0 Å². The quantitative estimate of drug-likeness (QED) is 0.0775. The van der Waals surface area contributed by atoms with Crippen molar-refractivity contribution in [1.82, 2.24) is 0 Å². The third-order valence-corrected chi connectivity index (χ3v) is 11.8. The van der Waals surface area contributed by atoms with Crippen LogP contribution in [0.1, 0.15) is 170 Å². The number of unbranched alkanes of at least 4 members (excludes halogenated alkanes) is 13. The fourth-order valence-corrected chi connectivity index (χ4v) is 8.71. The second kappa shape index (κ2) is 18.9. The van der Waals surface area contributed by atoms with E-state index in [0.717, 1.165) is 6.42 Å². The molecule has 0 fully saturated rings. The van der Waals surface area contributed by atoms with Crippen molar-refractivity contribution in [3.63, 3.8) is 0 Å². The summed E-state index contributed by atoms with van der Waals surface area (Å²) in [5.74, 6) is 0. The standard InChI is InChI=1S/C50H68/c1-7-10-13-16-19-22-33-50(6)48-35-39(5)26-30-46(48)47-32-28-41(37-49(47)50)40-27-31-45(43(36-40)24-21-18-15-12-9-3)44-29-25-38(4)34-42(44)23-20-17-14-11-8-2/h25-32,34-37H,7-24,33H2,1-6H3. The van der Waals surface area contributed by atoms with Gasteiger partial charge in [0, 0.05) is 5.41 Å². The fourth-order valence-electron chi connectivity index (χ4n) is 8.71. The molecule has 0 spiro atoms. The van der Waals surface area contributed by atoms with E-state index in [1.54, 1.807) is 11.1 Å². The van der Waals surface area contributed by atoms with E-state index in [2.05, 4.69) is 114 Å². The zero-order chi connectivity index (χ0) is 35.3. The first kappa shape index (κ1) is 38.1. The number of aryl methyl sites for hydroxylation is 4. The highest BCUT2D eigenvalue weighted by Crippen LogP contribution is 2.52. The molecular weight excluding hydrogens is 601 g/mol. The maximum Gasteiger partial charge on any atom is 0.0187 e. The van der Waals surface area contributed by atoms with Gasteiger partial charge in [0.25, 0.3) is 0 Å². The summed E-state index contributed by atoms with van der Waals surface area (Å²) in [6.45, 7) is 14.0. The summed E-state index contributed by atoms with van der Waals surface area (Å²) in [4.78, 5) is 0. The lowest BCUT2D eigenvalue weighted by molar-refractivity contribution is 0.480. The molecule has 5 rings (SSSR count). The van der Waals surface area contributed by atoms with E-state index in [-0.39, 0.29) is 5.41 Å². The van der Waals surface area contributed by atoms with Gasteiger partial charge in [0.15, 0.2) is 0 Å². The number of benzene rings is 4. The van der Waals surface area contributed by atoms with Crippen LogP contribution in [0.15, 0.2) is 72.8 Å². The van der Waals surface area contributed by atoms with Gasteiger partial charge in [-0.2, -0.15) is 0 Å². The first-order valence-corrected chi connectivity index (χ1v) is 20.9. The summed E-state index contributed by atoms with van der Waals surface area (Å²) in [6.07, 6.45) is 24.9. The van der Waals surface area contributed by atoms with Crippen molar-refractivity contribution in [2.45, 2.75) is 169 Å². The first-order valence-electron chi connectivity index (χ1n) is 20.9. The van der Waals surface area contributed by atoms with Gasteiger partial charge >= 0.3 is 0 Å². The summed E-state index contributed by atoms with van der Waals surface area (Å²) >= 11 is 0. The molecule has 0 radical (unpaired) electrons. The number of hydrogen-bond donors (Lipinski definition) is 0. The third kappa shape index (κ3) is 9.40. The smallest absolute Gasteiger partial charge is 0.0187 e. The highest BCUT2D eigenvalue weighted by atomic mass is 14.4. The van der Waals surface area contributed by atoms with Crippen LogP contribution < -0.4 is 0 Å². The minimum atomic E-state index is 0.0629. The van der Waals surface area contributed by atoms with E-state index in [9.17, 15) is 0 Å². The van der Waals surface area contributed by atoms with E-state index in [4.69, 9.17) is 0 Å². The zero-order valence-electron chi connectivity index (χ0n) is 32.9. The molecule has 268 valence electrons. The third-order valence-electron chi connectivity index (χ3n) is 11.8. The Bertz CT molecular complexity index is 1650. The van der Waals surface area contributed by atoms with Crippen LogP contribution in [-0.4, -0.2) is 0 Å². The van der Waals surface area contributed by atoms with Crippen LogP contribution in [0.2, 0.25) is 0 Å². The normalized spacial score (nSPS) is 15.0. The van der Waals surface area contributed by atoms with Crippen molar-refractivity contribution in [1.29, 1.82) is 0 Å². The van der Waals surface area contributed by atoms with E-state index in [1.165, 1.54) is 171 Å².